The number of thiazole rings is 1. The molecule has 1 aliphatic rings. The van der Waals surface area contributed by atoms with Crippen molar-refractivity contribution in [2.24, 2.45) is 0 Å². The second-order valence-electron chi connectivity index (χ2n) is 6.25. The van der Waals surface area contributed by atoms with Gasteiger partial charge in [-0.15, -0.1) is 11.3 Å². The number of benzene rings is 1. The van der Waals surface area contributed by atoms with Crippen LogP contribution in [0, 0.1) is 0 Å². The molecule has 112 valence electrons. The standard InChI is InChI=1S/C17H22N2OS/c1-12(20)15-10-19-16(21-15)11-18-14-8-17(2,9-14)13-6-4-3-5-7-13/h3-7,10,12,14,18,20H,8-9,11H2,1-2H3. The van der Waals surface area contributed by atoms with E-state index in [1.165, 1.54) is 18.4 Å². The highest BCUT2D eigenvalue weighted by Crippen LogP contribution is 2.43. The molecular formula is C17H22N2OS. The Morgan fingerprint density at radius 1 is 1.38 bits per heavy atom. The van der Waals surface area contributed by atoms with Crippen LogP contribution in [-0.4, -0.2) is 16.1 Å². The van der Waals surface area contributed by atoms with Gasteiger partial charge in [0.05, 0.1) is 11.0 Å². The van der Waals surface area contributed by atoms with E-state index < -0.39 is 6.10 Å². The van der Waals surface area contributed by atoms with E-state index in [9.17, 15) is 5.11 Å². The topological polar surface area (TPSA) is 45.2 Å². The first-order valence-corrected chi connectivity index (χ1v) is 8.30. The molecule has 0 saturated heterocycles. The van der Waals surface area contributed by atoms with Crippen molar-refractivity contribution in [1.82, 2.24) is 10.3 Å². The minimum absolute atomic E-state index is 0.312. The van der Waals surface area contributed by atoms with Crippen LogP contribution in [0.2, 0.25) is 0 Å². The zero-order valence-corrected chi connectivity index (χ0v) is 13.4. The molecule has 2 N–H and O–H groups in total. The molecule has 1 fully saturated rings. The number of aliphatic hydroxyl groups is 1. The van der Waals surface area contributed by atoms with Gasteiger partial charge in [0.2, 0.25) is 0 Å². The number of nitrogens with zero attached hydrogens (tertiary/aromatic N) is 1. The van der Waals surface area contributed by atoms with Crippen LogP contribution < -0.4 is 5.32 Å². The van der Waals surface area contributed by atoms with Crippen LogP contribution in [0.4, 0.5) is 0 Å². The first-order valence-electron chi connectivity index (χ1n) is 7.48. The molecule has 1 aromatic heterocycles. The van der Waals surface area contributed by atoms with Crippen LogP contribution in [-0.2, 0) is 12.0 Å². The van der Waals surface area contributed by atoms with Crippen LogP contribution >= 0.6 is 11.3 Å². The van der Waals surface area contributed by atoms with Crippen molar-refractivity contribution in [1.29, 1.82) is 0 Å². The molecule has 1 atom stereocenters. The van der Waals surface area contributed by atoms with Gasteiger partial charge in [-0.3, -0.25) is 0 Å². The van der Waals surface area contributed by atoms with E-state index >= 15 is 0 Å². The summed E-state index contributed by atoms with van der Waals surface area (Å²) in [6.45, 7) is 4.92. The van der Waals surface area contributed by atoms with Crippen LogP contribution in [0.1, 0.15) is 48.2 Å². The third-order valence-electron chi connectivity index (χ3n) is 4.39. The SMILES string of the molecule is CC(O)c1cnc(CNC2CC(C)(c3ccccc3)C2)s1. The quantitative estimate of drug-likeness (QED) is 0.889. The van der Waals surface area contributed by atoms with E-state index in [-0.39, 0.29) is 0 Å². The first-order chi connectivity index (χ1) is 10.1. The minimum atomic E-state index is -0.415. The molecule has 1 aliphatic carbocycles. The number of aromatic nitrogens is 1. The summed E-state index contributed by atoms with van der Waals surface area (Å²) in [5, 5.41) is 14.2. The molecule has 0 amide bonds. The molecule has 1 aromatic carbocycles. The largest absolute Gasteiger partial charge is 0.388 e. The van der Waals surface area contributed by atoms with Gasteiger partial charge in [-0.05, 0) is 30.7 Å². The van der Waals surface area contributed by atoms with Crippen molar-refractivity contribution < 1.29 is 5.11 Å². The summed E-state index contributed by atoms with van der Waals surface area (Å²) in [5.41, 5.74) is 1.75. The summed E-state index contributed by atoms with van der Waals surface area (Å²) in [6.07, 6.45) is 3.71. The van der Waals surface area contributed by atoms with Gasteiger partial charge in [-0.25, -0.2) is 4.98 Å². The maximum absolute atomic E-state index is 9.52. The van der Waals surface area contributed by atoms with Crippen molar-refractivity contribution in [3.8, 4) is 0 Å². The maximum Gasteiger partial charge on any atom is 0.107 e. The normalized spacial score (nSPS) is 26.3. The molecule has 2 aromatic rings. The predicted octanol–water partition coefficient (Wildman–Crippen LogP) is 3.41. The van der Waals surface area contributed by atoms with Crippen molar-refractivity contribution in [3.05, 3.63) is 52.0 Å². The van der Waals surface area contributed by atoms with Crippen LogP contribution in [0.3, 0.4) is 0 Å². The highest BCUT2D eigenvalue weighted by Gasteiger charge is 2.41. The fraction of sp³-hybridized carbons (Fsp3) is 0.471. The summed E-state index contributed by atoms with van der Waals surface area (Å²) in [5.74, 6) is 0. The molecule has 1 unspecified atom stereocenters. The highest BCUT2D eigenvalue weighted by molar-refractivity contribution is 7.11. The van der Waals surface area contributed by atoms with E-state index in [0.717, 1.165) is 16.4 Å². The Balaban J connectivity index is 1.51. The van der Waals surface area contributed by atoms with Crippen LogP contribution in [0.15, 0.2) is 36.5 Å². The van der Waals surface area contributed by atoms with Crippen LogP contribution in [0.25, 0.3) is 0 Å². The highest BCUT2D eigenvalue weighted by atomic mass is 32.1. The maximum atomic E-state index is 9.52. The minimum Gasteiger partial charge on any atom is -0.388 e. The van der Waals surface area contributed by atoms with E-state index in [1.807, 2.05) is 0 Å². The lowest BCUT2D eigenvalue weighted by molar-refractivity contribution is 0.189. The Morgan fingerprint density at radius 2 is 2.10 bits per heavy atom. The molecule has 1 saturated carbocycles. The summed E-state index contributed by atoms with van der Waals surface area (Å²) in [4.78, 5) is 5.30. The van der Waals surface area contributed by atoms with E-state index in [1.54, 1.807) is 24.5 Å². The van der Waals surface area contributed by atoms with Crippen molar-refractivity contribution in [3.63, 3.8) is 0 Å². The number of hydrogen-bond donors (Lipinski definition) is 2. The van der Waals surface area contributed by atoms with Crippen molar-refractivity contribution in [2.75, 3.05) is 0 Å². The average Bonchev–Trinajstić information content (AvgIpc) is 2.92. The third-order valence-corrected chi connectivity index (χ3v) is 5.56. The average molecular weight is 302 g/mol. The third kappa shape index (κ3) is 3.18. The molecule has 3 nitrogen and oxygen atoms in total. The Bertz CT molecular complexity index is 588. The molecule has 3 rings (SSSR count). The molecule has 0 aliphatic heterocycles. The van der Waals surface area contributed by atoms with E-state index in [0.29, 0.717) is 11.5 Å². The zero-order valence-electron chi connectivity index (χ0n) is 12.5. The van der Waals surface area contributed by atoms with Gasteiger partial charge in [-0.2, -0.15) is 0 Å². The van der Waals surface area contributed by atoms with Gasteiger partial charge in [0.15, 0.2) is 0 Å². The van der Waals surface area contributed by atoms with Crippen molar-refractivity contribution in [2.45, 2.75) is 50.8 Å². The first kappa shape index (κ1) is 14.7. The fourth-order valence-corrected chi connectivity index (χ4v) is 3.89. The molecule has 1 heterocycles. The monoisotopic (exact) mass is 302 g/mol. The summed E-state index contributed by atoms with van der Waals surface area (Å²) >= 11 is 1.59. The van der Waals surface area contributed by atoms with Gasteiger partial charge < -0.3 is 10.4 Å². The number of nitrogens with one attached hydrogen (secondary N) is 1. The Hall–Kier alpha value is -1.23. The lowest BCUT2D eigenvalue weighted by Crippen LogP contribution is -2.49. The lowest BCUT2D eigenvalue weighted by atomic mass is 9.63. The van der Waals surface area contributed by atoms with Gasteiger partial charge in [0.25, 0.3) is 0 Å². The molecule has 0 spiro atoms. The van der Waals surface area contributed by atoms with Gasteiger partial charge in [0, 0.05) is 18.8 Å². The van der Waals surface area contributed by atoms with E-state index in [4.69, 9.17) is 0 Å². The number of rotatable bonds is 5. The zero-order chi connectivity index (χ0) is 14.9. The Kier molecular flexibility index (Phi) is 4.11. The Morgan fingerprint density at radius 3 is 2.71 bits per heavy atom. The molecule has 0 radical (unpaired) electrons. The smallest absolute Gasteiger partial charge is 0.107 e. The summed E-state index contributed by atoms with van der Waals surface area (Å²) < 4.78 is 0. The second kappa shape index (κ2) is 5.87. The molecular weight excluding hydrogens is 280 g/mol. The van der Waals surface area contributed by atoms with Gasteiger partial charge in [-0.1, -0.05) is 37.3 Å². The van der Waals surface area contributed by atoms with Crippen LogP contribution in [0.5, 0.6) is 0 Å². The fourth-order valence-electron chi connectivity index (χ4n) is 3.08. The molecule has 0 bridgehead atoms. The van der Waals surface area contributed by atoms with Gasteiger partial charge >= 0.3 is 0 Å². The van der Waals surface area contributed by atoms with E-state index in [2.05, 4.69) is 47.6 Å². The molecule has 21 heavy (non-hydrogen) atoms. The predicted molar refractivity (Wildman–Crippen MR) is 86.4 cm³/mol. The number of aliphatic hydroxyl groups excluding tert-OH is 1. The summed E-state index contributed by atoms with van der Waals surface area (Å²) in [6, 6.07) is 11.3. The van der Waals surface area contributed by atoms with Crippen molar-refractivity contribution >= 4 is 11.3 Å². The lowest BCUT2D eigenvalue weighted by Gasteiger charge is -2.46. The molecule has 4 heteroatoms. The Labute approximate surface area is 130 Å². The van der Waals surface area contributed by atoms with Gasteiger partial charge in [0.1, 0.15) is 5.01 Å². The summed E-state index contributed by atoms with van der Waals surface area (Å²) in [7, 11) is 0. The second-order valence-corrected chi connectivity index (χ2v) is 7.39. The number of hydrogen-bond acceptors (Lipinski definition) is 4.